The lowest BCUT2D eigenvalue weighted by molar-refractivity contribution is 0.0557. The van der Waals surface area contributed by atoms with E-state index in [-0.39, 0.29) is 0 Å². The summed E-state index contributed by atoms with van der Waals surface area (Å²) >= 11 is 0. The molecule has 5 heteroatoms. The van der Waals surface area contributed by atoms with E-state index in [0.29, 0.717) is 6.42 Å². The maximum atomic E-state index is 10.9. The van der Waals surface area contributed by atoms with Gasteiger partial charge in [0, 0.05) is 0 Å². The van der Waals surface area contributed by atoms with Crippen LogP contribution in [0.3, 0.4) is 0 Å². The van der Waals surface area contributed by atoms with E-state index < -0.39 is 13.4 Å². The van der Waals surface area contributed by atoms with Crippen molar-refractivity contribution in [2.45, 2.75) is 129 Å². The van der Waals surface area contributed by atoms with E-state index in [1.165, 1.54) is 83.5 Å². The van der Waals surface area contributed by atoms with E-state index in [2.05, 4.69) is 6.92 Å². The number of hydrogen-bond donors (Lipinski definition) is 2. The summed E-state index contributed by atoms with van der Waals surface area (Å²) in [6.07, 6.45) is 20.5. The van der Waals surface area contributed by atoms with Gasteiger partial charge in [0.1, 0.15) is 0 Å². The van der Waals surface area contributed by atoms with Crippen molar-refractivity contribution in [1.29, 1.82) is 0 Å². The fourth-order valence-corrected chi connectivity index (χ4v) is 4.02. The zero-order valence-electron chi connectivity index (χ0n) is 17.0. The van der Waals surface area contributed by atoms with Gasteiger partial charge in [-0.1, -0.05) is 103 Å². The fourth-order valence-electron chi connectivity index (χ4n) is 3.29. The minimum atomic E-state index is -4.38. The highest BCUT2D eigenvalue weighted by Gasteiger charge is 2.28. The van der Waals surface area contributed by atoms with E-state index in [4.69, 9.17) is 14.3 Å². The Morgan fingerprint density at radius 2 is 1.00 bits per heavy atom. The van der Waals surface area contributed by atoms with Gasteiger partial charge in [-0.3, -0.25) is 4.52 Å². The highest BCUT2D eigenvalue weighted by Crippen LogP contribution is 2.42. The highest BCUT2D eigenvalue weighted by atomic mass is 31.2. The highest BCUT2D eigenvalue weighted by molar-refractivity contribution is 7.46. The Kier molecular flexibility index (Phi) is 15.3. The second-order valence-electron chi connectivity index (χ2n) is 8.04. The van der Waals surface area contributed by atoms with Crippen LogP contribution in [-0.2, 0) is 9.09 Å². The SMILES string of the molecule is CCCCCCCCCCCCCCCCCC(C)(C)OP(=O)(O)O. The van der Waals surface area contributed by atoms with Gasteiger partial charge in [0.15, 0.2) is 0 Å². The lowest BCUT2D eigenvalue weighted by Gasteiger charge is -2.25. The number of phosphoric ester groups is 1. The Labute approximate surface area is 156 Å². The van der Waals surface area contributed by atoms with Gasteiger partial charge in [-0.25, -0.2) is 4.57 Å². The Bertz CT molecular complexity index is 339. The Hall–Kier alpha value is 0.110. The molecule has 0 amide bonds. The summed E-state index contributed by atoms with van der Waals surface area (Å²) in [6.45, 7) is 5.76. The van der Waals surface area contributed by atoms with Gasteiger partial charge in [-0.15, -0.1) is 0 Å². The molecular formula is C20H43O4P. The molecule has 4 nitrogen and oxygen atoms in total. The molecule has 0 spiro atoms. The summed E-state index contributed by atoms with van der Waals surface area (Å²) in [5.41, 5.74) is -0.741. The van der Waals surface area contributed by atoms with Crippen LogP contribution in [0.4, 0.5) is 0 Å². The van der Waals surface area contributed by atoms with E-state index in [1.807, 2.05) is 0 Å². The molecule has 0 radical (unpaired) electrons. The lowest BCUT2D eigenvalue weighted by atomic mass is 9.99. The van der Waals surface area contributed by atoms with Gasteiger partial charge in [-0.05, 0) is 20.3 Å². The first-order chi connectivity index (χ1) is 11.8. The summed E-state index contributed by atoms with van der Waals surface area (Å²) in [6, 6.07) is 0. The molecule has 0 heterocycles. The molecule has 0 unspecified atom stereocenters. The maximum Gasteiger partial charge on any atom is 0.470 e. The van der Waals surface area contributed by atoms with E-state index in [0.717, 1.165) is 12.8 Å². The summed E-state index contributed by atoms with van der Waals surface area (Å²) in [7, 11) is -4.38. The summed E-state index contributed by atoms with van der Waals surface area (Å²) in [5, 5.41) is 0. The number of hydrogen-bond acceptors (Lipinski definition) is 2. The van der Waals surface area contributed by atoms with Gasteiger partial charge in [0.2, 0.25) is 0 Å². The molecular weight excluding hydrogens is 335 g/mol. The molecule has 0 bridgehead atoms. The third kappa shape index (κ3) is 20.3. The van der Waals surface area contributed by atoms with E-state index in [9.17, 15) is 4.57 Å². The first kappa shape index (κ1) is 25.1. The standard InChI is InChI=1S/C20H43O4P/c1-4-5-6-7-8-9-10-11-12-13-14-15-16-17-18-19-20(2,3)24-25(21,22)23/h4-19H2,1-3H3,(H2,21,22,23). The lowest BCUT2D eigenvalue weighted by Crippen LogP contribution is -2.22. The molecule has 0 aromatic rings. The van der Waals surface area contributed by atoms with Crippen LogP contribution >= 0.6 is 7.82 Å². The predicted octanol–water partition coefficient (Wildman–Crippen LogP) is 7.14. The van der Waals surface area contributed by atoms with Crippen molar-refractivity contribution in [3.05, 3.63) is 0 Å². The van der Waals surface area contributed by atoms with Crippen LogP contribution in [0, 0.1) is 0 Å². The molecule has 0 atom stereocenters. The van der Waals surface area contributed by atoms with E-state index >= 15 is 0 Å². The summed E-state index contributed by atoms with van der Waals surface area (Å²) < 4.78 is 15.7. The first-order valence-corrected chi connectivity index (χ1v) is 12.1. The molecule has 0 aliphatic carbocycles. The molecule has 152 valence electrons. The average Bonchev–Trinajstić information content (AvgIpc) is 2.48. The van der Waals surface area contributed by atoms with Crippen LogP contribution in [0.2, 0.25) is 0 Å². The largest absolute Gasteiger partial charge is 0.470 e. The number of phosphoric acid groups is 1. The molecule has 25 heavy (non-hydrogen) atoms. The average molecular weight is 379 g/mol. The van der Waals surface area contributed by atoms with Crippen molar-refractivity contribution in [2.24, 2.45) is 0 Å². The Balaban J connectivity index is 3.28. The van der Waals surface area contributed by atoms with Gasteiger partial charge >= 0.3 is 7.82 Å². The smallest absolute Gasteiger partial charge is 0.303 e. The summed E-state index contributed by atoms with van der Waals surface area (Å²) in [5.74, 6) is 0. The molecule has 0 saturated heterocycles. The van der Waals surface area contributed by atoms with E-state index in [1.54, 1.807) is 13.8 Å². The summed E-state index contributed by atoms with van der Waals surface area (Å²) in [4.78, 5) is 17.7. The Morgan fingerprint density at radius 1 is 0.680 bits per heavy atom. The second kappa shape index (κ2) is 15.2. The van der Waals surface area contributed by atoms with Crippen LogP contribution in [0.1, 0.15) is 124 Å². The quantitative estimate of drug-likeness (QED) is 0.196. The van der Waals surface area contributed by atoms with Crippen molar-refractivity contribution in [3.63, 3.8) is 0 Å². The maximum absolute atomic E-state index is 10.9. The molecule has 0 aliphatic heterocycles. The van der Waals surface area contributed by atoms with Crippen LogP contribution in [0.15, 0.2) is 0 Å². The molecule has 0 saturated carbocycles. The monoisotopic (exact) mass is 378 g/mol. The first-order valence-electron chi connectivity index (χ1n) is 10.5. The number of unbranched alkanes of at least 4 members (excludes halogenated alkanes) is 14. The minimum absolute atomic E-state index is 0.691. The molecule has 0 rings (SSSR count). The normalized spacial score (nSPS) is 12.7. The van der Waals surface area contributed by atoms with Gasteiger partial charge in [0.25, 0.3) is 0 Å². The van der Waals surface area contributed by atoms with Crippen molar-refractivity contribution in [2.75, 3.05) is 0 Å². The van der Waals surface area contributed by atoms with Crippen LogP contribution < -0.4 is 0 Å². The predicted molar refractivity (Wildman–Crippen MR) is 107 cm³/mol. The van der Waals surface area contributed by atoms with Crippen molar-refractivity contribution >= 4 is 7.82 Å². The van der Waals surface area contributed by atoms with Gasteiger partial charge in [0.05, 0.1) is 5.60 Å². The zero-order valence-corrected chi connectivity index (χ0v) is 17.9. The van der Waals surface area contributed by atoms with Crippen molar-refractivity contribution < 1.29 is 18.9 Å². The molecule has 2 N–H and O–H groups in total. The number of rotatable bonds is 18. The third-order valence-electron chi connectivity index (χ3n) is 4.75. The van der Waals surface area contributed by atoms with Gasteiger partial charge in [-0.2, -0.15) is 0 Å². The van der Waals surface area contributed by atoms with Crippen LogP contribution in [0.25, 0.3) is 0 Å². The topological polar surface area (TPSA) is 66.8 Å². The van der Waals surface area contributed by atoms with Crippen LogP contribution in [-0.4, -0.2) is 15.4 Å². The van der Waals surface area contributed by atoms with Gasteiger partial charge < -0.3 is 9.79 Å². The molecule has 0 aromatic heterocycles. The minimum Gasteiger partial charge on any atom is -0.303 e. The van der Waals surface area contributed by atoms with Crippen molar-refractivity contribution in [1.82, 2.24) is 0 Å². The molecule has 0 fully saturated rings. The fraction of sp³-hybridized carbons (Fsp3) is 1.00. The third-order valence-corrected chi connectivity index (χ3v) is 5.48. The Morgan fingerprint density at radius 3 is 1.32 bits per heavy atom. The van der Waals surface area contributed by atoms with Crippen molar-refractivity contribution in [3.8, 4) is 0 Å². The zero-order chi connectivity index (χ0) is 19.0. The van der Waals surface area contributed by atoms with Crippen LogP contribution in [0.5, 0.6) is 0 Å². The second-order valence-corrected chi connectivity index (χ2v) is 9.21. The molecule has 0 aromatic carbocycles. The molecule has 0 aliphatic rings.